The van der Waals surface area contributed by atoms with Gasteiger partial charge < -0.3 is 14.6 Å². The van der Waals surface area contributed by atoms with Crippen molar-refractivity contribution >= 4 is 16.8 Å². The average molecular weight is 339 g/mol. The van der Waals surface area contributed by atoms with Crippen LogP contribution in [0.5, 0.6) is 0 Å². The zero-order valence-corrected chi connectivity index (χ0v) is 14.1. The maximum atomic E-state index is 13.2. The molecule has 7 heteroatoms. The summed E-state index contributed by atoms with van der Waals surface area (Å²) in [6.45, 7) is 3.72. The van der Waals surface area contributed by atoms with Gasteiger partial charge in [0.15, 0.2) is 0 Å². The lowest BCUT2D eigenvalue weighted by molar-refractivity contribution is -0.0319. The molecule has 3 aromatic rings. The number of aryl methyl sites for hydroxylation is 1. The Balaban J connectivity index is 1.67. The summed E-state index contributed by atoms with van der Waals surface area (Å²) in [4.78, 5) is 14.9. The van der Waals surface area contributed by atoms with Gasteiger partial charge in [0, 0.05) is 30.2 Å². The van der Waals surface area contributed by atoms with Crippen molar-refractivity contribution in [3.8, 4) is 0 Å². The second kappa shape index (κ2) is 6.00. The Bertz CT molecular complexity index is 901. The first-order valence-electron chi connectivity index (χ1n) is 8.58. The molecular formula is C18H21N5O2. The lowest BCUT2D eigenvalue weighted by atomic mass is 9.89. The van der Waals surface area contributed by atoms with Crippen LogP contribution < -0.4 is 0 Å². The number of aromatic nitrogens is 4. The second-order valence-electron chi connectivity index (χ2n) is 6.56. The molecule has 7 nitrogen and oxygen atoms in total. The lowest BCUT2D eigenvalue weighted by Gasteiger charge is -2.37. The molecule has 3 heterocycles. The SMILES string of the molecule is CCn1cc(C(=O)N2CCCC(O)(c3cn[nH]n3)C2)c2ccccc21. The predicted octanol–water partition coefficient (Wildman–Crippen LogP) is 1.90. The number of aromatic amines is 1. The molecule has 1 aliphatic heterocycles. The molecular weight excluding hydrogens is 318 g/mol. The van der Waals surface area contributed by atoms with Gasteiger partial charge in [0.1, 0.15) is 11.3 Å². The van der Waals surface area contributed by atoms with Crippen molar-refractivity contribution in [2.45, 2.75) is 31.9 Å². The number of hydrogen-bond acceptors (Lipinski definition) is 4. The van der Waals surface area contributed by atoms with E-state index in [1.807, 2.05) is 30.5 Å². The maximum absolute atomic E-state index is 13.2. The van der Waals surface area contributed by atoms with Crippen LogP contribution in [-0.4, -0.2) is 49.0 Å². The smallest absolute Gasteiger partial charge is 0.256 e. The van der Waals surface area contributed by atoms with Gasteiger partial charge in [0.25, 0.3) is 5.91 Å². The molecule has 0 saturated carbocycles. The fourth-order valence-electron chi connectivity index (χ4n) is 3.69. The predicted molar refractivity (Wildman–Crippen MR) is 93.0 cm³/mol. The van der Waals surface area contributed by atoms with Crippen LogP contribution >= 0.6 is 0 Å². The van der Waals surface area contributed by atoms with Crippen LogP contribution in [-0.2, 0) is 12.1 Å². The highest BCUT2D eigenvalue weighted by Crippen LogP contribution is 2.31. The fourth-order valence-corrected chi connectivity index (χ4v) is 3.69. The highest BCUT2D eigenvalue weighted by atomic mass is 16.3. The summed E-state index contributed by atoms with van der Waals surface area (Å²) in [5.74, 6) is -0.0509. The number of para-hydroxylation sites is 1. The van der Waals surface area contributed by atoms with Crippen LogP contribution in [0.25, 0.3) is 10.9 Å². The van der Waals surface area contributed by atoms with Crippen molar-refractivity contribution in [3.05, 3.63) is 47.9 Å². The third-order valence-electron chi connectivity index (χ3n) is 5.01. The number of nitrogens with zero attached hydrogens (tertiary/aromatic N) is 4. The number of rotatable bonds is 3. The highest BCUT2D eigenvalue weighted by molar-refractivity contribution is 6.07. The molecule has 130 valence electrons. The lowest BCUT2D eigenvalue weighted by Crippen LogP contribution is -2.48. The monoisotopic (exact) mass is 339 g/mol. The van der Waals surface area contributed by atoms with Crippen molar-refractivity contribution in [1.82, 2.24) is 24.9 Å². The van der Waals surface area contributed by atoms with Crippen molar-refractivity contribution in [1.29, 1.82) is 0 Å². The van der Waals surface area contributed by atoms with Gasteiger partial charge >= 0.3 is 0 Å². The topological polar surface area (TPSA) is 87.0 Å². The summed E-state index contributed by atoms with van der Waals surface area (Å²) < 4.78 is 2.08. The number of amides is 1. The van der Waals surface area contributed by atoms with Crippen molar-refractivity contribution < 1.29 is 9.90 Å². The highest BCUT2D eigenvalue weighted by Gasteiger charge is 2.39. The van der Waals surface area contributed by atoms with Crippen LogP contribution in [0.2, 0.25) is 0 Å². The number of piperidine rings is 1. The Morgan fingerprint density at radius 2 is 2.24 bits per heavy atom. The van der Waals surface area contributed by atoms with E-state index in [4.69, 9.17) is 0 Å². The van der Waals surface area contributed by atoms with E-state index in [-0.39, 0.29) is 12.5 Å². The van der Waals surface area contributed by atoms with Crippen molar-refractivity contribution in [2.24, 2.45) is 0 Å². The molecule has 0 radical (unpaired) electrons. The number of aliphatic hydroxyl groups is 1. The minimum atomic E-state index is -1.15. The average Bonchev–Trinajstić information content (AvgIpc) is 3.29. The normalized spacial score (nSPS) is 21.0. The number of β-amino-alcohol motifs (C(OH)–C–C–N with tert-alkyl or cyclic N) is 1. The molecule has 2 aromatic heterocycles. The van der Waals surface area contributed by atoms with E-state index in [1.165, 1.54) is 6.20 Å². The minimum Gasteiger partial charge on any atom is -0.382 e. The van der Waals surface area contributed by atoms with Gasteiger partial charge in [-0.2, -0.15) is 15.4 Å². The van der Waals surface area contributed by atoms with E-state index >= 15 is 0 Å². The number of fused-ring (bicyclic) bond motifs is 1. The Morgan fingerprint density at radius 3 is 3.00 bits per heavy atom. The molecule has 0 aliphatic carbocycles. The zero-order valence-electron chi connectivity index (χ0n) is 14.1. The van der Waals surface area contributed by atoms with Gasteiger partial charge in [-0.15, -0.1) is 0 Å². The van der Waals surface area contributed by atoms with Gasteiger partial charge in [-0.1, -0.05) is 18.2 Å². The summed E-state index contributed by atoms with van der Waals surface area (Å²) in [6.07, 6.45) is 4.73. The van der Waals surface area contributed by atoms with E-state index in [1.54, 1.807) is 4.90 Å². The molecule has 1 atom stereocenters. The van der Waals surface area contributed by atoms with Gasteiger partial charge in [-0.3, -0.25) is 4.79 Å². The quantitative estimate of drug-likeness (QED) is 0.763. The molecule has 0 bridgehead atoms. The summed E-state index contributed by atoms with van der Waals surface area (Å²) >= 11 is 0. The van der Waals surface area contributed by atoms with Crippen LogP contribution in [0.4, 0.5) is 0 Å². The van der Waals surface area contributed by atoms with Gasteiger partial charge in [0.05, 0.1) is 18.3 Å². The number of carbonyl (C=O) groups is 1. The number of likely N-dealkylation sites (tertiary alicyclic amines) is 1. The number of nitrogens with one attached hydrogen (secondary N) is 1. The fraction of sp³-hybridized carbons (Fsp3) is 0.389. The summed E-state index contributed by atoms with van der Waals surface area (Å²) in [6, 6.07) is 7.92. The number of carbonyl (C=O) groups excluding carboxylic acids is 1. The minimum absolute atomic E-state index is 0.0509. The zero-order chi connectivity index (χ0) is 17.4. The molecule has 1 unspecified atom stereocenters. The molecule has 1 amide bonds. The Hall–Kier alpha value is -2.67. The molecule has 1 aliphatic rings. The maximum Gasteiger partial charge on any atom is 0.256 e. The van der Waals surface area contributed by atoms with E-state index in [2.05, 4.69) is 26.9 Å². The summed E-state index contributed by atoms with van der Waals surface area (Å²) in [5, 5.41) is 22.2. The molecule has 0 spiro atoms. The van der Waals surface area contributed by atoms with Crippen molar-refractivity contribution in [3.63, 3.8) is 0 Å². The molecule has 1 fully saturated rings. The number of H-pyrrole nitrogens is 1. The van der Waals surface area contributed by atoms with Gasteiger partial charge in [-0.25, -0.2) is 0 Å². The molecule has 25 heavy (non-hydrogen) atoms. The van der Waals surface area contributed by atoms with E-state index in [0.29, 0.717) is 24.2 Å². The molecule has 4 rings (SSSR count). The first kappa shape index (κ1) is 15.8. The second-order valence-corrected chi connectivity index (χ2v) is 6.56. The van der Waals surface area contributed by atoms with E-state index in [0.717, 1.165) is 23.9 Å². The largest absolute Gasteiger partial charge is 0.382 e. The van der Waals surface area contributed by atoms with Crippen molar-refractivity contribution in [2.75, 3.05) is 13.1 Å². The number of hydrogen-bond donors (Lipinski definition) is 2. The Kier molecular flexibility index (Phi) is 3.80. The Labute approximate surface area is 145 Å². The first-order valence-corrected chi connectivity index (χ1v) is 8.58. The third-order valence-corrected chi connectivity index (χ3v) is 5.01. The standard InChI is InChI=1S/C18H21N5O2/c1-2-22-11-14(13-6-3-4-7-15(13)22)17(24)23-9-5-8-18(25,12-23)16-10-19-21-20-16/h3-4,6-7,10-11,25H,2,5,8-9,12H2,1H3,(H,19,20,21). The van der Waals surface area contributed by atoms with Crippen LogP contribution in [0.3, 0.4) is 0 Å². The summed E-state index contributed by atoms with van der Waals surface area (Å²) in [5.41, 5.74) is 1.07. The molecule has 2 N–H and O–H groups in total. The van der Waals surface area contributed by atoms with Crippen LogP contribution in [0.15, 0.2) is 36.7 Å². The molecule has 1 saturated heterocycles. The number of benzene rings is 1. The van der Waals surface area contributed by atoms with Crippen LogP contribution in [0, 0.1) is 0 Å². The van der Waals surface area contributed by atoms with E-state index in [9.17, 15) is 9.90 Å². The Morgan fingerprint density at radius 1 is 1.40 bits per heavy atom. The third kappa shape index (κ3) is 2.60. The van der Waals surface area contributed by atoms with Crippen LogP contribution in [0.1, 0.15) is 35.8 Å². The molecule has 1 aromatic carbocycles. The first-order chi connectivity index (χ1) is 12.1. The summed E-state index contributed by atoms with van der Waals surface area (Å²) in [7, 11) is 0. The van der Waals surface area contributed by atoms with Gasteiger partial charge in [0.2, 0.25) is 0 Å². The van der Waals surface area contributed by atoms with E-state index < -0.39 is 5.60 Å². The van der Waals surface area contributed by atoms with Gasteiger partial charge in [-0.05, 0) is 25.8 Å².